The van der Waals surface area contributed by atoms with Crippen LogP contribution >= 0.6 is 11.3 Å². The summed E-state index contributed by atoms with van der Waals surface area (Å²) in [7, 11) is 0. The molecule has 2 atom stereocenters. The molecule has 1 fully saturated rings. The summed E-state index contributed by atoms with van der Waals surface area (Å²) in [5.41, 5.74) is 9.04. The highest BCUT2D eigenvalue weighted by atomic mass is 32.1. The standard InChI is InChI=1S/C20H24N2O2S/c1-3-4-5-13-6-8-14(9-7-13)16-11-25-20(17(16)18(21)23)22-19(24)15-10-12(15)2/h6-9,11-12,15H,3-5,10H2,1-2H3,(H2,21,23)(H,22,24)/t12-,15-/m1/s1. The molecule has 1 aromatic heterocycles. The van der Waals surface area contributed by atoms with Crippen LogP contribution in [0.3, 0.4) is 0 Å². The Hall–Kier alpha value is -2.14. The van der Waals surface area contributed by atoms with E-state index in [0.717, 1.165) is 24.0 Å². The van der Waals surface area contributed by atoms with Crippen LogP contribution in [0.1, 0.15) is 49.0 Å². The van der Waals surface area contributed by atoms with Crippen molar-refractivity contribution in [1.82, 2.24) is 0 Å². The molecule has 0 aliphatic heterocycles. The molecule has 1 heterocycles. The first-order valence-electron chi connectivity index (χ1n) is 8.82. The summed E-state index contributed by atoms with van der Waals surface area (Å²) in [6.45, 7) is 4.23. The Morgan fingerprint density at radius 2 is 1.96 bits per heavy atom. The zero-order chi connectivity index (χ0) is 18.0. The molecule has 1 aliphatic carbocycles. The maximum absolute atomic E-state index is 12.2. The largest absolute Gasteiger partial charge is 0.365 e. The number of hydrogen-bond acceptors (Lipinski definition) is 3. The summed E-state index contributed by atoms with van der Waals surface area (Å²) in [6.07, 6.45) is 4.31. The van der Waals surface area contributed by atoms with Gasteiger partial charge >= 0.3 is 0 Å². The second kappa shape index (κ2) is 7.40. The number of aryl methyl sites for hydroxylation is 1. The molecule has 5 heteroatoms. The number of amides is 2. The van der Waals surface area contributed by atoms with Gasteiger partial charge < -0.3 is 11.1 Å². The second-order valence-electron chi connectivity index (χ2n) is 6.83. The Morgan fingerprint density at radius 1 is 1.28 bits per heavy atom. The normalized spacial score (nSPS) is 18.8. The summed E-state index contributed by atoms with van der Waals surface area (Å²) >= 11 is 1.36. The molecule has 2 aromatic rings. The fourth-order valence-electron chi connectivity index (χ4n) is 3.03. The Morgan fingerprint density at radius 3 is 2.52 bits per heavy atom. The maximum atomic E-state index is 12.2. The summed E-state index contributed by atoms with van der Waals surface area (Å²) < 4.78 is 0. The zero-order valence-corrected chi connectivity index (χ0v) is 15.5. The van der Waals surface area contributed by atoms with Crippen molar-refractivity contribution in [2.24, 2.45) is 17.6 Å². The third-order valence-electron chi connectivity index (χ3n) is 4.80. The first-order valence-corrected chi connectivity index (χ1v) is 9.70. The molecule has 2 amide bonds. The van der Waals surface area contributed by atoms with Crippen LogP contribution in [0.2, 0.25) is 0 Å². The number of primary amides is 1. The SMILES string of the molecule is CCCCc1ccc(-c2csc(NC(=O)[C@@H]3C[C@H]3C)c2C(N)=O)cc1. The summed E-state index contributed by atoms with van der Waals surface area (Å²) in [5.74, 6) is -0.0416. The van der Waals surface area contributed by atoms with Gasteiger partial charge in [0.25, 0.3) is 5.91 Å². The van der Waals surface area contributed by atoms with Gasteiger partial charge in [0, 0.05) is 16.9 Å². The molecule has 0 unspecified atom stereocenters. The van der Waals surface area contributed by atoms with Crippen molar-refractivity contribution in [2.45, 2.75) is 39.5 Å². The molecule has 0 saturated heterocycles. The monoisotopic (exact) mass is 356 g/mol. The van der Waals surface area contributed by atoms with Gasteiger partial charge in [0.05, 0.1) is 5.56 Å². The minimum atomic E-state index is -0.509. The molecular formula is C20H24N2O2S. The van der Waals surface area contributed by atoms with Crippen molar-refractivity contribution >= 4 is 28.2 Å². The Kier molecular flexibility index (Phi) is 5.23. The molecule has 132 valence electrons. The Bertz CT molecular complexity index is 779. The van der Waals surface area contributed by atoms with E-state index in [1.165, 1.54) is 29.7 Å². The maximum Gasteiger partial charge on any atom is 0.252 e. The van der Waals surface area contributed by atoms with Gasteiger partial charge in [0.2, 0.25) is 5.91 Å². The molecule has 1 aliphatic rings. The van der Waals surface area contributed by atoms with Gasteiger partial charge in [-0.05, 0) is 36.3 Å². The fourth-order valence-corrected chi connectivity index (χ4v) is 4.01. The molecule has 3 rings (SSSR count). The van der Waals surface area contributed by atoms with Crippen LogP contribution in [0.15, 0.2) is 29.6 Å². The van der Waals surface area contributed by atoms with E-state index in [2.05, 4.69) is 31.3 Å². The lowest BCUT2D eigenvalue weighted by Crippen LogP contribution is -2.18. The third kappa shape index (κ3) is 3.93. The minimum absolute atomic E-state index is 0.0155. The van der Waals surface area contributed by atoms with Crippen molar-refractivity contribution in [3.05, 3.63) is 40.8 Å². The number of nitrogens with two attached hydrogens (primary N) is 1. The molecule has 3 N–H and O–H groups in total. The number of nitrogens with one attached hydrogen (secondary N) is 1. The molecule has 4 nitrogen and oxygen atoms in total. The molecule has 1 aromatic carbocycles. The van der Waals surface area contributed by atoms with E-state index in [-0.39, 0.29) is 11.8 Å². The van der Waals surface area contributed by atoms with Gasteiger partial charge in [0.1, 0.15) is 5.00 Å². The molecule has 1 saturated carbocycles. The van der Waals surface area contributed by atoms with Gasteiger partial charge in [-0.3, -0.25) is 9.59 Å². The van der Waals surface area contributed by atoms with E-state index in [0.29, 0.717) is 16.5 Å². The van der Waals surface area contributed by atoms with Crippen molar-refractivity contribution in [2.75, 3.05) is 5.32 Å². The average Bonchev–Trinajstić information content (AvgIpc) is 3.18. The van der Waals surface area contributed by atoms with Gasteiger partial charge in [0.15, 0.2) is 0 Å². The highest BCUT2D eigenvalue weighted by Crippen LogP contribution is 2.40. The van der Waals surface area contributed by atoms with Crippen LogP contribution in [-0.2, 0) is 11.2 Å². The first-order chi connectivity index (χ1) is 12.0. The van der Waals surface area contributed by atoms with Crippen LogP contribution in [0.25, 0.3) is 11.1 Å². The van der Waals surface area contributed by atoms with Crippen molar-refractivity contribution in [1.29, 1.82) is 0 Å². The Balaban J connectivity index is 1.83. The summed E-state index contributed by atoms with van der Waals surface area (Å²) in [5, 5.41) is 5.35. The fraction of sp³-hybridized carbons (Fsp3) is 0.400. The third-order valence-corrected chi connectivity index (χ3v) is 5.70. The van der Waals surface area contributed by atoms with E-state index in [9.17, 15) is 9.59 Å². The smallest absolute Gasteiger partial charge is 0.252 e. The molecular weight excluding hydrogens is 332 g/mol. The van der Waals surface area contributed by atoms with Crippen molar-refractivity contribution < 1.29 is 9.59 Å². The number of rotatable bonds is 7. The number of benzene rings is 1. The number of thiophene rings is 1. The molecule has 0 radical (unpaired) electrons. The van der Waals surface area contributed by atoms with Crippen molar-refractivity contribution in [3.63, 3.8) is 0 Å². The lowest BCUT2D eigenvalue weighted by atomic mass is 10.0. The predicted octanol–water partition coefficient (Wildman–Crippen LogP) is 4.45. The average molecular weight is 356 g/mol. The molecule has 0 spiro atoms. The lowest BCUT2D eigenvalue weighted by molar-refractivity contribution is -0.117. The van der Waals surface area contributed by atoms with E-state index in [4.69, 9.17) is 5.73 Å². The van der Waals surface area contributed by atoms with E-state index in [1.807, 2.05) is 17.5 Å². The van der Waals surface area contributed by atoms with Crippen LogP contribution in [-0.4, -0.2) is 11.8 Å². The number of unbranched alkanes of at least 4 members (excludes halogenated alkanes) is 1. The van der Waals surface area contributed by atoms with Gasteiger partial charge in [-0.2, -0.15) is 0 Å². The van der Waals surface area contributed by atoms with Gasteiger partial charge in [-0.15, -0.1) is 11.3 Å². The number of carbonyl (C=O) groups excluding carboxylic acids is 2. The van der Waals surface area contributed by atoms with E-state index >= 15 is 0 Å². The topological polar surface area (TPSA) is 72.2 Å². The highest BCUT2D eigenvalue weighted by Gasteiger charge is 2.39. The second-order valence-corrected chi connectivity index (χ2v) is 7.71. The van der Waals surface area contributed by atoms with Crippen molar-refractivity contribution in [3.8, 4) is 11.1 Å². The predicted molar refractivity (Wildman–Crippen MR) is 103 cm³/mol. The number of anilines is 1. The van der Waals surface area contributed by atoms with Gasteiger partial charge in [-0.1, -0.05) is 44.5 Å². The molecule has 0 bridgehead atoms. The van der Waals surface area contributed by atoms with E-state index < -0.39 is 5.91 Å². The van der Waals surface area contributed by atoms with Gasteiger partial charge in [-0.25, -0.2) is 0 Å². The number of carbonyl (C=O) groups is 2. The lowest BCUT2D eigenvalue weighted by Gasteiger charge is -2.07. The van der Waals surface area contributed by atoms with Crippen LogP contribution in [0.5, 0.6) is 0 Å². The van der Waals surface area contributed by atoms with E-state index in [1.54, 1.807) is 0 Å². The zero-order valence-electron chi connectivity index (χ0n) is 14.7. The summed E-state index contributed by atoms with van der Waals surface area (Å²) in [4.78, 5) is 24.2. The van der Waals surface area contributed by atoms with Crippen LogP contribution in [0.4, 0.5) is 5.00 Å². The quantitative estimate of drug-likeness (QED) is 0.769. The Labute approximate surface area is 152 Å². The highest BCUT2D eigenvalue weighted by molar-refractivity contribution is 7.15. The summed E-state index contributed by atoms with van der Waals surface area (Å²) in [6, 6.07) is 8.23. The van der Waals surface area contributed by atoms with Crippen LogP contribution in [0, 0.1) is 11.8 Å². The molecule has 25 heavy (non-hydrogen) atoms. The first kappa shape index (κ1) is 17.7. The number of hydrogen-bond donors (Lipinski definition) is 2. The minimum Gasteiger partial charge on any atom is -0.365 e. The van der Waals surface area contributed by atoms with Crippen LogP contribution < -0.4 is 11.1 Å².